The molecule has 8 nitrogen and oxygen atoms in total. The normalized spacial score (nSPS) is 20.9. The van der Waals surface area contributed by atoms with Crippen LogP contribution in [-0.2, 0) is 31.8 Å². The maximum Gasteiger partial charge on any atom is 0.337 e. The molecule has 1 aromatic heterocycles. The van der Waals surface area contributed by atoms with Crippen LogP contribution in [0.2, 0.25) is 0 Å². The third kappa shape index (κ3) is 5.72. The van der Waals surface area contributed by atoms with Crippen LogP contribution in [0.3, 0.4) is 0 Å². The third-order valence-corrected chi connectivity index (χ3v) is 9.98. The van der Waals surface area contributed by atoms with E-state index in [9.17, 15) is 13.2 Å². The molecule has 0 unspecified atom stereocenters. The van der Waals surface area contributed by atoms with E-state index in [1.165, 1.54) is 7.11 Å². The van der Waals surface area contributed by atoms with Gasteiger partial charge in [-0.1, -0.05) is 30.8 Å². The molecule has 2 aliphatic heterocycles. The fourth-order valence-electron chi connectivity index (χ4n) is 5.09. The van der Waals surface area contributed by atoms with E-state index in [1.807, 2.05) is 24.3 Å². The molecule has 2 atom stereocenters. The van der Waals surface area contributed by atoms with E-state index >= 15 is 0 Å². The van der Waals surface area contributed by atoms with E-state index in [0.717, 1.165) is 48.5 Å². The van der Waals surface area contributed by atoms with Gasteiger partial charge >= 0.3 is 5.97 Å². The van der Waals surface area contributed by atoms with Crippen LogP contribution in [0.15, 0.2) is 52.5 Å². The highest BCUT2D eigenvalue weighted by atomic mass is 32.2. The Morgan fingerprint density at radius 1 is 1.19 bits per heavy atom. The fourth-order valence-corrected chi connectivity index (χ4v) is 7.68. The second-order valence-electron chi connectivity index (χ2n) is 9.88. The molecule has 10 heteroatoms. The Labute approximate surface area is 222 Å². The van der Waals surface area contributed by atoms with E-state index in [4.69, 9.17) is 14.5 Å². The average Bonchev–Trinajstić information content (AvgIpc) is 3.55. The quantitative estimate of drug-likeness (QED) is 0.300. The standard InChI is InChI=1S/C27H33N3O5S2/c1-19-6-4-12-29(16-19)37(32,33)23-10-11-25-24(15-23)28-27(30(25)17-22-9-5-13-35-22)36-18-20-7-3-8-21(14-20)26(31)34-2/h3,7-8,10-11,14-15,19,22H,4-6,9,12-13,16-18H2,1-2H3/t19-,22+/m1/s1. The summed E-state index contributed by atoms with van der Waals surface area (Å²) in [4.78, 5) is 17.1. The van der Waals surface area contributed by atoms with Gasteiger partial charge in [-0.05, 0) is 67.5 Å². The predicted molar refractivity (Wildman–Crippen MR) is 143 cm³/mol. The largest absolute Gasteiger partial charge is 0.465 e. The second kappa shape index (κ2) is 11.1. The van der Waals surface area contributed by atoms with E-state index in [-0.39, 0.29) is 17.0 Å². The molecule has 0 radical (unpaired) electrons. The number of fused-ring (bicyclic) bond motifs is 1. The molecule has 3 heterocycles. The SMILES string of the molecule is COC(=O)c1cccc(CSc2nc3cc(S(=O)(=O)N4CCC[C@@H](C)C4)ccc3n2C[C@@H]2CCCO2)c1. The van der Waals surface area contributed by atoms with Crippen molar-refractivity contribution in [3.8, 4) is 0 Å². The summed E-state index contributed by atoms with van der Waals surface area (Å²) in [6.45, 7) is 4.64. The summed E-state index contributed by atoms with van der Waals surface area (Å²) < 4.78 is 41.3. The summed E-state index contributed by atoms with van der Waals surface area (Å²) in [7, 11) is -2.20. The lowest BCUT2D eigenvalue weighted by Crippen LogP contribution is -2.39. The summed E-state index contributed by atoms with van der Waals surface area (Å²) >= 11 is 1.56. The number of methoxy groups -OCH3 is 1. The van der Waals surface area contributed by atoms with Crippen molar-refractivity contribution < 1.29 is 22.7 Å². The lowest BCUT2D eigenvalue weighted by atomic mass is 10.0. The van der Waals surface area contributed by atoms with Gasteiger partial charge in [0.25, 0.3) is 0 Å². The highest BCUT2D eigenvalue weighted by Crippen LogP contribution is 2.31. The maximum absolute atomic E-state index is 13.4. The number of hydrogen-bond donors (Lipinski definition) is 0. The Morgan fingerprint density at radius 2 is 2.05 bits per heavy atom. The van der Waals surface area contributed by atoms with Crippen molar-refractivity contribution in [2.45, 2.75) is 61.1 Å². The molecule has 37 heavy (non-hydrogen) atoms. The lowest BCUT2D eigenvalue weighted by molar-refractivity contribution is 0.0600. The Kier molecular flexibility index (Phi) is 7.90. The minimum atomic E-state index is -3.57. The lowest BCUT2D eigenvalue weighted by Gasteiger charge is -2.30. The van der Waals surface area contributed by atoms with Crippen LogP contribution >= 0.6 is 11.8 Å². The first-order valence-electron chi connectivity index (χ1n) is 12.8. The van der Waals surface area contributed by atoms with Gasteiger partial charge in [0.15, 0.2) is 5.16 Å². The molecular formula is C27H33N3O5S2. The summed E-state index contributed by atoms with van der Waals surface area (Å²) in [5.41, 5.74) is 3.05. The summed E-state index contributed by atoms with van der Waals surface area (Å²) in [6.07, 6.45) is 4.08. The van der Waals surface area contributed by atoms with Gasteiger partial charge in [0, 0.05) is 25.4 Å². The number of thioether (sulfide) groups is 1. The number of esters is 1. The van der Waals surface area contributed by atoms with Gasteiger partial charge in [-0.25, -0.2) is 18.2 Å². The fraction of sp³-hybridized carbons (Fsp3) is 0.481. The van der Waals surface area contributed by atoms with Gasteiger partial charge in [-0.3, -0.25) is 0 Å². The topological polar surface area (TPSA) is 90.7 Å². The smallest absolute Gasteiger partial charge is 0.337 e. The van der Waals surface area contributed by atoms with Crippen LogP contribution in [-0.4, -0.2) is 61.2 Å². The van der Waals surface area contributed by atoms with Crippen molar-refractivity contribution in [1.82, 2.24) is 13.9 Å². The molecule has 0 N–H and O–H groups in total. The molecule has 2 fully saturated rings. The minimum absolute atomic E-state index is 0.109. The number of carbonyl (C=O) groups is 1. The number of imidazole rings is 1. The van der Waals surface area contributed by atoms with E-state index in [0.29, 0.717) is 42.4 Å². The minimum Gasteiger partial charge on any atom is -0.465 e. The number of ether oxygens (including phenoxy) is 2. The molecule has 2 aliphatic rings. The number of carbonyl (C=O) groups excluding carboxylic acids is 1. The van der Waals surface area contributed by atoms with E-state index in [2.05, 4.69) is 11.5 Å². The van der Waals surface area contributed by atoms with Crippen molar-refractivity contribution in [1.29, 1.82) is 0 Å². The average molecular weight is 544 g/mol. The zero-order valence-corrected chi connectivity index (χ0v) is 22.9. The van der Waals surface area contributed by atoms with Crippen molar-refractivity contribution >= 4 is 38.8 Å². The molecule has 0 aliphatic carbocycles. The van der Waals surface area contributed by atoms with Gasteiger partial charge < -0.3 is 14.0 Å². The van der Waals surface area contributed by atoms with Gasteiger partial charge in [0.05, 0.1) is 41.3 Å². The van der Waals surface area contributed by atoms with Gasteiger partial charge in [-0.15, -0.1) is 0 Å². The Hall–Kier alpha value is -2.40. The zero-order chi connectivity index (χ0) is 26.0. The number of rotatable bonds is 8. The summed E-state index contributed by atoms with van der Waals surface area (Å²) in [6, 6.07) is 12.7. The highest BCUT2D eigenvalue weighted by Gasteiger charge is 2.29. The van der Waals surface area contributed by atoms with Crippen molar-refractivity contribution in [2.24, 2.45) is 5.92 Å². The summed E-state index contributed by atoms with van der Waals surface area (Å²) in [5, 5.41) is 0.801. The zero-order valence-electron chi connectivity index (χ0n) is 21.3. The first-order chi connectivity index (χ1) is 17.8. The Morgan fingerprint density at radius 3 is 2.81 bits per heavy atom. The first kappa shape index (κ1) is 26.2. The number of hydrogen-bond acceptors (Lipinski definition) is 7. The molecule has 0 amide bonds. The number of piperidine rings is 1. The van der Waals surface area contributed by atoms with Crippen molar-refractivity contribution in [3.05, 3.63) is 53.6 Å². The van der Waals surface area contributed by atoms with Crippen LogP contribution in [0, 0.1) is 5.92 Å². The Bertz CT molecular complexity index is 1380. The van der Waals surface area contributed by atoms with Crippen LogP contribution < -0.4 is 0 Å². The number of benzene rings is 2. The van der Waals surface area contributed by atoms with Gasteiger partial charge in [0.2, 0.25) is 10.0 Å². The van der Waals surface area contributed by atoms with Crippen molar-refractivity contribution in [2.75, 3.05) is 26.8 Å². The number of aromatic nitrogens is 2. The second-order valence-corrected chi connectivity index (χ2v) is 12.8. The number of sulfonamides is 1. The van der Waals surface area contributed by atoms with Gasteiger partial charge in [-0.2, -0.15) is 4.31 Å². The van der Waals surface area contributed by atoms with Gasteiger partial charge in [0.1, 0.15) is 0 Å². The molecule has 0 bridgehead atoms. The first-order valence-corrected chi connectivity index (χ1v) is 15.2. The third-order valence-electron chi connectivity index (χ3n) is 7.07. The molecular weight excluding hydrogens is 510 g/mol. The molecule has 0 saturated carbocycles. The van der Waals surface area contributed by atoms with Crippen LogP contribution in [0.1, 0.15) is 48.5 Å². The molecule has 2 aromatic carbocycles. The maximum atomic E-state index is 13.4. The molecule has 2 saturated heterocycles. The van der Waals surface area contributed by atoms with Crippen molar-refractivity contribution in [3.63, 3.8) is 0 Å². The van der Waals surface area contributed by atoms with E-state index < -0.39 is 10.0 Å². The van der Waals surface area contributed by atoms with E-state index in [1.54, 1.807) is 34.3 Å². The summed E-state index contributed by atoms with van der Waals surface area (Å²) in [5.74, 6) is 0.601. The monoisotopic (exact) mass is 543 g/mol. The molecule has 3 aromatic rings. The number of nitrogens with zero attached hydrogens (tertiary/aromatic N) is 3. The predicted octanol–water partition coefficient (Wildman–Crippen LogP) is 4.71. The van der Waals surface area contributed by atoms with Crippen LogP contribution in [0.5, 0.6) is 0 Å². The highest BCUT2D eigenvalue weighted by molar-refractivity contribution is 7.98. The molecule has 5 rings (SSSR count). The van der Waals surface area contributed by atoms with Crippen LogP contribution in [0.25, 0.3) is 11.0 Å². The molecule has 0 spiro atoms. The van der Waals surface area contributed by atoms with Crippen LogP contribution in [0.4, 0.5) is 0 Å². The Balaban J connectivity index is 1.45. The molecule has 198 valence electrons.